The Labute approximate surface area is 120 Å². The molecule has 2 rings (SSSR count). The molecule has 7 heteroatoms. The lowest BCUT2D eigenvalue weighted by atomic mass is 10.2. The molecule has 0 unspecified atom stereocenters. The van der Waals surface area contributed by atoms with Crippen molar-refractivity contribution in [2.24, 2.45) is 0 Å². The maximum Gasteiger partial charge on any atom is 0.257 e. The van der Waals surface area contributed by atoms with Crippen molar-refractivity contribution in [2.75, 3.05) is 5.32 Å². The standard InChI is InChI=1S/C12H6BrClF2N2O/c13-7-3-11(10(16)4-9(7)15)18-12(19)6-1-2-17-5-8(6)14/h1-5H,(H,18,19). The van der Waals surface area contributed by atoms with Crippen molar-refractivity contribution in [3.05, 3.63) is 57.3 Å². The van der Waals surface area contributed by atoms with E-state index in [1.165, 1.54) is 18.5 Å². The zero-order valence-corrected chi connectivity index (χ0v) is 11.6. The van der Waals surface area contributed by atoms with Crippen molar-refractivity contribution in [2.45, 2.75) is 0 Å². The van der Waals surface area contributed by atoms with E-state index in [4.69, 9.17) is 11.6 Å². The Bertz CT molecular complexity index is 652. The van der Waals surface area contributed by atoms with E-state index >= 15 is 0 Å². The Kier molecular flexibility index (Phi) is 4.11. The second-order valence-corrected chi connectivity index (χ2v) is 4.82. The lowest BCUT2D eigenvalue weighted by Crippen LogP contribution is -2.14. The van der Waals surface area contributed by atoms with Crippen molar-refractivity contribution in [1.29, 1.82) is 0 Å². The van der Waals surface area contributed by atoms with Crippen LogP contribution >= 0.6 is 27.5 Å². The predicted octanol–water partition coefficient (Wildman–Crippen LogP) is 4.03. The topological polar surface area (TPSA) is 42.0 Å². The molecule has 0 saturated heterocycles. The molecule has 19 heavy (non-hydrogen) atoms. The van der Waals surface area contributed by atoms with E-state index in [-0.39, 0.29) is 20.7 Å². The van der Waals surface area contributed by atoms with E-state index in [0.29, 0.717) is 6.07 Å². The van der Waals surface area contributed by atoms with Gasteiger partial charge >= 0.3 is 0 Å². The summed E-state index contributed by atoms with van der Waals surface area (Å²) in [4.78, 5) is 15.6. The van der Waals surface area contributed by atoms with Crippen LogP contribution in [0.4, 0.5) is 14.5 Å². The first-order valence-corrected chi connectivity index (χ1v) is 6.21. The molecule has 0 saturated carbocycles. The van der Waals surface area contributed by atoms with Crippen molar-refractivity contribution >= 4 is 39.1 Å². The van der Waals surface area contributed by atoms with Gasteiger partial charge in [-0.2, -0.15) is 0 Å². The third-order valence-electron chi connectivity index (χ3n) is 2.28. The molecule has 0 radical (unpaired) electrons. The third-order valence-corrected chi connectivity index (χ3v) is 3.18. The molecule has 1 aromatic carbocycles. The fourth-order valence-corrected chi connectivity index (χ4v) is 1.92. The number of nitrogens with zero attached hydrogens (tertiary/aromatic N) is 1. The minimum atomic E-state index is -0.876. The van der Waals surface area contributed by atoms with Crippen LogP contribution in [0.1, 0.15) is 10.4 Å². The van der Waals surface area contributed by atoms with Gasteiger partial charge in [-0.05, 0) is 28.1 Å². The molecule has 1 N–H and O–H groups in total. The monoisotopic (exact) mass is 346 g/mol. The summed E-state index contributed by atoms with van der Waals surface area (Å²) in [5, 5.41) is 2.45. The van der Waals surface area contributed by atoms with Crippen LogP contribution in [-0.2, 0) is 0 Å². The molecule has 0 aliphatic rings. The van der Waals surface area contributed by atoms with Crippen LogP contribution in [0.3, 0.4) is 0 Å². The van der Waals surface area contributed by atoms with Gasteiger partial charge in [-0.1, -0.05) is 11.6 Å². The summed E-state index contributed by atoms with van der Waals surface area (Å²) >= 11 is 8.71. The summed E-state index contributed by atoms with van der Waals surface area (Å²) in [6.07, 6.45) is 2.69. The van der Waals surface area contributed by atoms with Crippen LogP contribution < -0.4 is 5.32 Å². The summed E-state index contributed by atoms with van der Waals surface area (Å²) in [6, 6.07) is 3.21. The molecule has 0 atom stereocenters. The number of nitrogens with one attached hydrogen (secondary N) is 1. The number of halogens is 4. The fourth-order valence-electron chi connectivity index (χ4n) is 1.37. The minimum Gasteiger partial charge on any atom is -0.319 e. The highest BCUT2D eigenvalue weighted by atomic mass is 79.9. The first-order valence-electron chi connectivity index (χ1n) is 5.04. The highest BCUT2D eigenvalue weighted by Crippen LogP contribution is 2.24. The number of aromatic nitrogens is 1. The third kappa shape index (κ3) is 3.08. The zero-order valence-electron chi connectivity index (χ0n) is 9.25. The van der Waals surface area contributed by atoms with E-state index < -0.39 is 17.5 Å². The molecule has 0 aliphatic carbocycles. The second kappa shape index (κ2) is 5.63. The number of amides is 1. The summed E-state index contributed by atoms with van der Waals surface area (Å²) in [6.45, 7) is 0. The molecule has 0 fully saturated rings. The van der Waals surface area contributed by atoms with Gasteiger partial charge in [0.2, 0.25) is 0 Å². The summed E-state index contributed by atoms with van der Waals surface area (Å²) in [7, 11) is 0. The van der Waals surface area contributed by atoms with Gasteiger partial charge in [0, 0.05) is 18.5 Å². The first-order chi connectivity index (χ1) is 8.99. The number of carbonyl (C=O) groups is 1. The van der Waals surface area contributed by atoms with Crippen molar-refractivity contribution in [1.82, 2.24) is 4.98 Å². The molecule has 2 aromatic rings. The number of rotatable bonds is 2. The maximum absolute atomic E-state index is 13.5. The Hall–Kier alpha value is -1.53. The van der Waals surface area contributed by atoms with E-state index in [0.717, 1.165) is 6.07 Å². The SMILES string of the molecule is O=C(Nc1cc(Br)c(F)cc1F)c1ccncc1Cl. The molecule has 0 aliphatic heterocycles. The lowest BCUT2D eigenvalue weighted by molar-refractivity contribution is 0.102. The molecule has 0 spiro atoms. The highest BCUT2D eigenvalue weighted by molar-refractivity contribution is 9.10. The van der Waals surface area contributed by atoms with Gasteiger partial charge in [0.1, 0.15) is 11.6 Å². The summed E-state index contributed by atoms with van der Waals surface area (Å²) < 4.78 is 26.6. The number of benzene rings is 1. The van der Waals surface area contributed by atoms with Crippen LogP contribution in [0.2, 0.25) is 5.02 Å². The van der Waals surface area contributed by atoms with Crippen LogP contribution in [0.15, 0.2) is 35.1 Å². The smallest absolute Gasteiger partial charge is 0.257 e. The molecule has 1 heterocycles. The van der Waals surface area contributed by atoms with Crippen LogP contribution in [0.25, 0.3) is 0 Å². The Morgan fingerprint density at radius 1 is 1.32 bits per heavy atom. The Balaban J connectivity index is 2.30. The second-order valence-electron chi connectivity index (χ2n) is 3.56. The Morgan fingerprint density at radius 3 is 2.74 bits per heavy atom. The van der Waals surface area contributed by atoms with Gasteiger partial charge in [-0.15, -0.1) is 0 Å². The zero-order chi connectivity index (χ0) is 14.0. The largest absolute Gasteiger partial charge is 0.319 e. The number of hydrogen-bond donors (Lipinski definition) is 1. The van der Waals surface area contributed by atoms with Crippen molar-refractivity contribution < 1.29 is 13.6 Å². The first kappa shape index (κ1) is 13.9. The molecular weight excluding hydrogens is 341 g/mol. The van der Waals surface area contributed by atoms with Gasteiger partial charge in [0.05, 0.1) is 20.7 Å². The van der Waals surface area contributed by atoms with Gasteiger partial charge < -0.3 is 5.32 Å². The molecular formula is C12H6BrClF2N2O. The predicted molar refractivity (Wildman–Crippen MR) is 71.3 cm³/mol. The average Bonchev–Trinajstić information content (AvgIpc) is 2.36. The lowest BCUT2D eigenvalue weighted by Gasteiger charge is -2.08. The van der Waals surface area contributed by atoms with Gasteiger partial charge in [0.15, 0.2) is 0 Å². The summed E-state index contributed by atoms with van der Waals surface area (Å²) in [5.41, 5.74) is 0.00247. The summed E-state index contributed by atoms with van der Waals surface area (Å²) in [5.74, 6) is -2.23. The van der Waals surface area contributed by atoms with Gasteiger partial charge in [-0.3, -0.25) is 9.78 Å². The average molecular weight is 348 g/mol. The normalized spacial score (nSPS) is 10.3. The number of anilines is 1. The molecule has 1 aromatic heterocycles. The van der Waals surface area contributed by atoms with Crippen LogP contribution in [0.5, 0.6) is 0 Å². The van der Waals surface area contributed by atoms with Crippen molar-refractivity contribution in [3.63, 3.8) is 0 Å². The van der Waals surface area contributed by atoms with Gasteiger partial charge in [0.25, 0.3) is 5.91 Å². The maximum atomic E-state index is 13.5. The van der Waals surface area contributed by atoms with E-state index in [1.807, 2.05) is 0 Å². The van der Waals surface area contributed by atoms with E-state index in [1.54, 1.807) is 0 Å². The number of carbonyl (C=O) groups excluding carboxylic acids is 1. The molecule has 0 bridgehead atoms. The highest BCUT2D eigenvalue weighted by Gasteiger charge is 2.14. The molecule has 3 nitrogen and oxygen atoms in total. The number of pyridine rings is 1. The Morgan fingerprint density at radius 2 is 2.05 bits per heavy atom. The fraction of sp³-hybridized carbons (Fsp3) is 0. The van der Waals surface area contributed by atoms with Crippen molar-refractivity contribution in [3.8, 4) is 0 Å². The van der Waals surface area contributed by atoms with E-state index in [9.17, 15) is 13.6 Å². The molecule has 1 amide bonds. The van der Waals surface area contributed by atoms with Gasteiger partial charge in [-0.25, -0.2) is 8.78 Å². The van der Waals surface area contributed by atoms with Crippen LogP contribution in [-0.4, -0.2) is 10.9 Å². The quantitative estimate of drug-likeness (QED) is 0.834. The number of hydrogen-bond acceptors (Lipinski definition) is 2. The molecule has 98 valence electrons. The van der Waals surface area contributed by atoms with Crippen LogP contribution in [0, 0.1) is 11.6 Å². The minimum absolute atomic E-state index is 0.0463. The van der Waals surface area contributed by atoms with E-state index in [2.05, 4.69) is 26.2 Å².